The van der Waals surface area contributed by atoms with Crippen LogP contribution < -0.4 is 5.32 Å². The molecule has 1 unspecified atom stereocenters. The summed E-state index contributed by atoms with van der Waals surface area (Å²) in [6, 6.07) is 0.695. The van der Waals surface area contributed by atoms with Crippen LogP contribution in [0.25, 0.3) is 0 Å². The summed E-state index contributed by atoms with van der Waals surface area (Å²) in [6.07, 6.45) is 7.98. The highest BCUT2D eigenvalue weighted by molar-refractivity contribution is 7.11. The molecule has 2 aromatic rings. The molecule has 136 valence electrons. The molecule has 0 amide bonds. The standard InChI is InChI=1S/C19H28N4S2/c1-18(2,3)15-11-22-17(25-15)13-23(12-16-21-8-9-24-16)14-10-19(14)4-6-20-7-5-19/h8-9,11,14,20H,4-7,10,12-13H2,1-3H3. The van der Waals surface area contributed by atoms with Gasteiger partial charge in [-0.1, -0.05) is 20.8 Å². The number of thiazole rings is 2. The number of aromatic nitrogens is 2. The van der Waals surface area contributed by atoms with Gasteiger partial charge in [0.25, 0.3) is 0 Å². The minimum absolute atomic E-state index is 0.186. The molecule has 1 saturated carbocycles. The van der Waals surface area contributed by atoms with E-state index in [0.717, 1.165) is 13.1 Å². The molecule has 1 atom stereocenters. The molecule has 2 aliphatic rings. The van der Waals surface area contributed by atoms with Gasteiger partial charge in [0.2, 0.25) is 0 Å². The zero-order chi connectivity index (χ0) is 17.5. The normalized spacial score (nSPS) is 22.6. The summed E-state index contributed by atoms with van der Waals surface area (Å²) in [5.41, 5.74) is 0.735. The Labute approximate surface area is 158 Å². The highest BCUT2D eigenvalue weighted by atomic mass is 32.1. The molecular weight excluding hydrogens is 348 g/mol. The molecule has 1 aliphatic heterocycles. The first-order valence-electron chi connectivity index (χ1n) is 9.25. The number of piperidine rings is 1. The molecule has 2 fully saturated rings. The van der Waals surface area contributed by atoms with Crippen molar-refractivity contribution < 1.29 is 0 Å². The number of hydrogen-bond acceptors (Lipinski definition) is 6. The molecule has 25 heavy (non-hydrogen) atoms. The van der Waals surface area contributed by atoms with Crippen molar-refractivity contribution in [3.05, 3.63) is 32.7 Å². The first kappa shape index (κ1) is 17.6. The van der Waals surface area contributed by atoms with E-state index in [4.69, 9.17) is 4.98 Å². The zero-order valence-electron chi connectivity index (χ0n) is 15.4. The van der Waals surface area contributed by atoms with E-state index in [-0.39, 0.29) is 5.41 Å². The Hall–Kier alpha value is -0.820. The van der Waals surface area contributed by atoms with Gasteiger partial charge in [0.05, 0.1) is 13.1 Å². The minimum Gasteiger partial charge on any atom is -0.317 e. The van der Waals surface area contributed by atoms with Gasteiger partial charge in [-0.2, -0.15) is 0 Å². The van der Waals surface area contributed by atoms with Crippen LogP contribution >= 0.6 is 22.7 Å². The molecule has 1 N–H and O–H groups in total. The number of nitrogens with one attached hydrogen (secondary N) is 1. The van der Waals surface area contributed by atoms with Crippen LogP contribution in [0.2, 0.25) is 0 Å². The van der Waals surface area contributed by atoms with Crippen LogP contribution in [-0.4, -0.2) is 34.0 Å². The Kier molecular flexibility index (Phi) is 4.73. The maximum atomic E-state index is 4.74. The van der Waals surface area contributed by atoms with Crippen LogP contribution in [0.5, 0.6) is 0 Å². The first-order chi connectivity index (χ1) is 12.0. The highest BCUT2D eigenvalue weighted by Crippen LogP contribution is 2.56. The molecule has 0 bridgehead atoms. The van der Waals surface area contributed by atoms with Crippen LogP contribution in [0.1, 0.15) is 54.9 Å². The Bertz CT molecular complexity index is 695. The van der Waals surface area contributed by atoms with Crippen molar-refractivity contribution in [1.82, 2.24) is 20.2 Å². The summed E-state index contributed by atoms with van der Waals surface area (Å²) in [4.78, 5) is 13.3. The van der Waals surface area contributed by atoms with Crippen molar-refractivity contribution in [3.63, 3.8) is 0 Å². The van der Waals surface area contributed by atoms with Crippen molar-refractivity contribution in [2.75, 3.05) is 13.1 Å². The van der Waals surface area contributed by atoms with E-state index in [2.05, 4.69) is 47.5 Å². The Balaban J connectivity index is 1.51. The van der Waals surface area contributed by atoms with Crippen LogP contribution in [0, 0.1) is 5.41 Å². The number of nitrogens with zero attached hydrogens (tertiary/aromatic N) is 3. The van der Waals surface area contributed by atoms with E-state index < -0.39 is 0 Å². The van der Waals surface area contributed by atoms with Gasteiger partial charge in [-0.25, -0.2) is 9.97 Å². The van der Waals surface area contributed by atoms with Crippen molar-refractivity contribution in [2.45, 2.75) is 64.6 Å². The summed E-state index contributed by atoms with van der Waals surface area (Å²) in [5.74, 6) is 0. The van der Waals surface area contributed by atoms with E-state index in [9.17, 15) is 0 Å². The first-order valence-corrected chi connectivity index (χ1v) is 10.9. The predicted octanol–water partition coefficient (Wildman–Crippen LogP) is 4.04. The van der Waals surface area contributed by atoms with Gasteiger partial charge in [-0.15, -0.1) is 22.7 Å². The van der Waals surface area contributed by atoms with Crippen molar-refractivity contribution in [1.29, 1.82) is 0 Å². The van der Waals surface area contributed by atoms with Crippen molar-refractivity contribution in [2.24, 2.45) is 5.41 Å². The van der Waals surface area contributed by atoms with Crippen LogP contribution in [-0.2, 0) is 18.5 Å². The maximum absolute atomic E-state index is 4.74. The lowest BCUT2D eigenvalue weighted by molar-refractivity contribution is 0.187. The molecule has 4 nitrogen and oxygen atoms in total. The fourth-order valence-corrected chi connectivity index (χ4v) is 5.63. The van der Waals surface area contributed by atoms with Gasteiger partial charge >= 0.3 is 0 Å². The molecule has 6 heteroatoms. The summed E-state index contributed by atoms with van der Waals surface area (Å²) in [7, 11) is 0. The molecule has 4 rings (SSSR count). The molecular formula is C19H28N4S2. The monoisotopic (exact) mass is 376 g/mol. The smallest absolute Gasteiger partial charge is 0.107 e. The van der Waals surface area contributed by atoms with E-state index >= 15 is 0 Å². The summed E-state index contributed by atoms with van der Waals surface area (Å²) in [5, 5.41) is 8.07. The molecule has 2 aromatic heterocycles. The van der Waals surface area contributed by atoms with Gasteiger partial charge in [-0.05, 0) is 43.2 Å². The summed E-state index contributed by atoms with van der Waals surface area (Å²) >= 11 is 3.65. The second-order valence-electron chi connectivity index (χ2n) is 8.53. The second kappa shape index (κ2) is 6.72. The SMILES string of the molecule is CC(C)(C)c1cnc(CN(Cc2nccs2)C2CC23CCNCC3)s1. The Morgan fingerprint density at radius 2 is 1.96 bits per heavy atom. The molecule has 1 saturated heterocycles. The third-order valence-corrected chi connectivity index (χ3v) is 7.81. The summed E-state index contributed by atoms with van der Waals surface area (Å²) < 4.78 is 0. The van der Waals surface area contributed by atoms with E-state index in [1.54, 1.807) is 11.3 Å². The molecule has 3 heterocycles. The van der Waals surface area contributed by atoms with E-state index in [1.165, 1.54) is 47.2 Å². The van der Waals surface area contributed by atoms with Gasteiger partial charge < -0.3 is 5.32 Å². The average molecular weight is 377 g/mol. The minimum atomic E-state index is 0.186. The topological polar surface area (TPSA) is 41.1 Å². The number of rotatable bonds is 5. The largest absolute Gasteiger partial charge is 0.317 e. The third kappa shape index (κ3) is 3.82. The van der Waals surface area contributed by atoms with Crippen LogP contribution in [0.4, 0.5) is 0 Å². The molecule has 1 aliphatic carbocycles. The van der Waals surface area contributed by atoms with E-state index in [1.807, 2.05) is 17.5 Å². The quantitative estimate of drug-likeness (QED) is 0.855. The number of hydrogen-bond donors (Lipinski definition) is 1. The highest BCUT2D eigenvalue weighted by Gasteiger charge is 2.56. The molecule has 1 spiro atoms. The maximum Gasteiger partial charge on any atom is 0.107 e. The van der Waals surface area contributed by atoms with Gasteiger partial charge in [-0.3, -0.25) is 4.90 Å². The molecule has 0 radical (unpaired) electrons. The fraction of sp³-hybridized carbons (Fsp3) is 0.684. The summed E-state index contributed by atoms with van der Waals surface area (Å²) in [6.45, 7) is 11.1. The van der Waals surface area contributed by atoms with Crippen molar-refractivity contribution >= 4 is 22.7 Å². The predicted molar refractivity (Wildman–Crippen MR) is 105 cm³/mol. The van der Waals surface area contributed by atoms with Crippen LogP contribution in [0.3, 0.4) is 0 Å². The lowest BCUT2D eigenvalue weighted by Crippen LogP contribution is -2.35. The fourth-order valence-electron chi connectivity index (χ4n) is 3.99. The van der Waals surface area contributed by atoms with Gasteiger partial charge in [0, 0.05) is 28.7 Å². The third-order valence-electron chi connectivity index (χ3n) is 5.64. The van der Waals surface area contributed by atoms with Gasteiger partial charge in [0.15, 0.2) is 0 Å². The Morgan fingerprint density at radius 1 is 1.20 bits per heavy atom. The lowest BCUT2D eigenvalue weighted by Gasteiger charge is -2.28. The average Bonchev–Trinajstić information content (AvgIpc) is 3.00. The Morgan fingerprint density at radius 3 is 2.60 bits per heavy atom. The second-order valence-corrected chi connectivity index (χ2v) is 10.6. The van der Waals surface area contributed by atoms with Crippen LogP contribution in [0.15, 0.2) is 17.8 Å². The van der Waals surface area contributed by atoms with Gasteiger partial charge in [0.1, 0.15) is 10.0 Å². The zero-order valence-corrected chi connectivity index (χ0v) is 17.1. The lowest BCUT2D eigenvalue weighted by atomic mass is 9.93. The molecule has 0 aromatic carbocycles. The van der Waals surface area contributed by atoms with Crippen molar-refractivity contribution in [3.8, 4) is 0 Å². The van der Waals surface area contributed by atoms with E-state index in [0.29, 0.717) is 11.5 Å².